The average Bonchev–Trinajstić information content (AvgIpc) is 2.20. The minimum Gasteiger partial charge on any atom is -0.387 e. The summed E-state index contributed by atoms with van der Waals surface area (Å²) in [5.41, 5.74) is 6.93. The lowest BCUT2D eigenvalue weighted by Gasteiger charge is -2.05. The molecule has 0 atom stereocenters. The van der Waals surface area contributed by atoms with Gasteiger partial charge in [-0.25, -0.2) is 4.79 Å². The van der Waals surface area contributed by atoms with Crippen molar-refractivity contribution >= 4 is 17.6 Å². The third kappa shape index (κ3) is 3.68. The zero-order valence-electron chi connectivity index (χ0n) is 8.50. The van der Waals surface area contributed by atoms with Crippen molar-refractivity contribution < 1.29 is 4.79 Å². The minimum atomic E-state index is -0.255. The van der Waals surface area contributed by atoms with Crippen LogP contribution in [0, 0.1) is 5.41 Å². The number of carbonyl (C=O) groups excluding carboxylic acids is 1. The van der Waals surface area contributed by atoms with Crippen molar-refractivity contribution in [1.82, 2.24) is 5.32 Å². The van der Waals surface area contributed by atoms with Crippen molar-refractivity contribution in [1.29, 1.82) is 5.41 Å². The fourth-order valence-electron chi connectivity index (χ4n) is 1.12. The topological polar surface area (TPSA) is 91.0 Å². The highest BCUT2D eigenvalue weighted by atomic mass is 16.2. The van der Waals surface area contributed by atoms with Crippen molar-refractivity contribution in [2.45, 2.75) is 6.42 Å². The Balaban J connectivity index is 2.64. The molecule has 15 heavy (non-hydrogen) atoms. The Hall–Kier alpha value is -2.04. The predicted molar refractivity (Wildman–Crippen MR) is 60.1 cm³/mol. The Morgan fingerprint density at radius 3 is 2.47 bits per heavy atom. The maximum absolute atomic E-state index is 11.0. The van der Waals surface area contributed by atoms with E-state index in [0.717, 1.165) is 5.56 Å². The van der Waals surface area contributed by atoms with Crippen LogP contribution in [0.15, 0.2) is 24.3 Å². The largest absolute Gasteiger partial charge is 0.387 e. The maximum atomic E-state index is 11.0. The number of carbonyl (C=O) groups is 1. The highest BCUT2D eigenvalue weighted by Gasteiger charge is 1.99. The van der Waals surface area contributed by atoms with Gasteiger partial charge in [-0.3, -0.25) is 5.41 Å². The van der Waals surface area contributed by atoms with Crippen LogP contribution in [0.4, 0.5) is 10.5 Å². The molecule has 0 aliphatic carbocycles. The molecular weight excluding hydrogens is 192 g/mol. The molecule has 80 valence electrons. The second-order valence-corrected chi connectivity index (χ2v) is 3.10. The quantitative estimate of drug-likeness (QED) is 0.437. The number of nitrogens with two attached hydrogens (primary N) is 1. The maximum Gasteiger partial charge on any atom is 0.318 e. The lowest BCUT2D eigenvalue weighted by molar-refractivity contribution is 0.254. The summed E-state index contributed by atoms with van der Waals surface area (Å²) < 4.78 is 0. The highest BCUT2D eigenvalue weighted by molar-refractivity contribution is 5.89. The van der Waals surface area contributed by atoms with Gasteiger partial charge < -0.3 is 16.4 Å². The van der Waals surface area contributed by atoms with Crippen LogP contribution in [0.2, 0.25) is 0 Å². The Morgan fingerprint density at radius 1 is 1.40 bits per heavy atom. The van der Waals surface area contributed by atoms with Gasteiger partial charge in [0.05, 0.1) is 5.84 Å². The Morgan fingerprint density at radius 2 is 2.00 bits per heavy atom. The molecule has 0 unspecified atom stereocenters. The molecule has 0 saturated heterocycles. The molecule has 0 aliphatic rings. The standard InChI is InChI=1S/C10H14N4O/c1-13-10(15)14-8-4-2-7(3-5-8)6-9(11)12/h2-5H,6H2,1H3,(H3,11,12)(H2,13,14,15). The number of rotatable bonds is 3. The molecule has 5 N–H and O–H groups in total. The summed E-state index contributed by atoms with van der Waals surface area (Å²) in [7, 11) is 1.56. The molecular formula is C10H14N4O. The molecule has 1 aromatic carbocycles. The lowest BCUT2D eigenvalue weighted by atomic mass is 10.1. The first kappa shape index (κ1) is 11.0. The first-order valence-corrected chi connectivity index (χ1v) is 4.52. The smallest absolute Gasteiger partial charge is 0.318 e. The molecule has 0 fully saturated rings. The van der Waals surface area contributed by atoms with Gasteiger partial charge in [-0.1, -0.05) is 12.1 Å². The number of benzene rings is 1. The number of amides is 2. The molecule has 5 heteroatoms. The van der Waals surface area contributed by atoms with Gasteiger partial charge in [0, 0.05) is 19.2 Å². The molecule has 0 aromatic heterocycles. The van der Waals surface area contributed by atoms with Crippen LogP contribution in [0.25, 0.3) is 0 Å². The second kappa shape index (κ2) is 4.99. The molecule has 2 amide bonds. The Bertz CT molecular complexity index is 358. The zero-order valence-corrected chi connectivity index (χ0v) is 8.50. The van der Waals surface area contributed by atoms with Crippen LogP contribution >= 0.6 is 0 Å². The van der Waals surface area contributed by atoms with Crippen LogP contribution in [0.5, 0.6) is 0 Å². The van der Waals surface area contributed by atoms with E-state index in [4.69, 9.17) is 11.1 Å². The first-order chi connectivity index (χ1) is 7.11. The third-order valence-corrected chi connectivity index (χ3v) is 1.83. The van der Waals surface area contributed by atoms with Crippen molar-refractivity contribution in [3.8, 4) is 0 Å². The van der Waals surface area contributed by atoms with Gasteiger partial charge in [0.25, 0.3) is 0 Å². The van der Waals surface area contributed by atoms with Crippen molar-refractivity contribution in [2.24, 2.45) is 5.73 Å². The number of urea groups is 1. The van der Waals surface area contributed by atoms with E-state index in [0.29, 0.717) is 12.1 Å². The summed E-state index contributed by atoms with van der Waals surface area (Å²) in [6.07, 6.45) is 0.431. The summed E-state index contributed by atoms with van der Waals surface area (Å²) >= 11 is 0. The molecule has 0 saturated carbocycles. The second-order valence-electron chi connectivity index (χ2n) is 3.10. The van der Waals surface area contributed by atoms with Crippen molar-refractivity contribution in [2.75, 3.05) is 12.4 Å². The number of nitrogens with one attached hydrogen (secondary N) is 3. The molecule has 0 heterocycles. The summed E-state index contributed by atoms with van der Waals surface area (Å²) in [5.74, 6) is 0.127. The van der Waals surface area contributed by atoms with E-state index in [2.05, 4.69) is 10.6 Å². The SMILES string of the molecule is CNC(=O)Nc1ccc(CC(=N)N)cc1. The number of hydrogen-bond donors (Lipinski definition) is 4. The van der Waals surface area contributed by atoms with Gasteiger partial charge in [-0.05, 0) is 17.7 Å². The summed E-state index contributed by atoms with van der Waals surface area (Å²) in [4.78, 5) is 11.0. The zero-order chi connectivity index (χ0) is 11.3. The molecule has 0 aliphatic heterocycles. The van der Waals surface area contributed by atoms with Crippen molar-refractivity contribution in [3.63, 3.8) is 0 Å². The molecule has 0 spiro atoms. The van der Waals surface area contributed by atoms with Crippen LogP contribution in [-0.2, 0) is 6.42 Å². The summed E-state index contributed by atoms with van der Waals surface area (Å²) in [6.45, 7) is 0. The Kier molecular flexibility index (Phi) is 3.68. The predicted octanol–water partition coefficient (Wildman–Crippen LogP) is 0.916. The first-order valence-electron chi connectivity index (χ1n) is 4.52. The van der Waals surface area contributed by atoms with Crippen LogP contribution in [0.1, 0.15) is 5.56 Å². The molecule has 1 rings (SSSR count). The van der Waals surface area contributed by atoms with E-state index in [1.165, 1.54) is 0 Å². The van der Waals surface area contributed by atoms with Gasteiger partial charge in [-0.15, -0.1) is 0 Å². The van der Waals surface area contributed by atoms with E-state index in [1.54, 1.807) is 19.2 Å². The third-order valence-electron chi connectivity index (χ3n) is 1.83. The normalized spacial score (nSPS) is 9.40. The fourth-order valence-corrected chi connectivity index (χ4v) is 1.12. The van der Waals surface area contributed by atoms with Gasteiger partial charge in [-0.2, -0.15) is 0 Å². The van der Waals surface area contributed by atoms with Gasteiger partial charge in [0.2, 0.25) is 0 Å². The molecule has 0 radical (unpaired) electrons. The van der Waals surface area contributed by atoms with Crippen LogP contribution in [0.3, 0.4) is 0 Å². The van der Waals surface area contributed by atoms with Gasteiger partial charge >= 0.3 is 6.03 Å². The van der Waals surface area contributed by atoms with E-state index in [9.17, 15) is 4.79 Å². The summed E-state index contributed by atoms with van der Waals surface area (Å²) in [6, 6.07) is 6.94. The fraction of sp³-hybridized carbons (Fsp3) is 0.200. The highest BCUT2D eigenvalue weighted by Crippen LogP contribution is 2.09. The van der Waals surface area contributed by atoms with Crippen molar-refractivity contribution in [3.05, 3.63) is 29.8 Å². The van der Waals surface area contributed by atoms with E-state index in [1.807, 2.05) is 12.1 Å². The van der Waals surface area contributed by atoms with E-state index < -0.39 is 0 Å². The van der Waals surface area contributed by atoms with Crippen LogP contribution in [-0.4, -0.2) is 18.9 Å². The Labute approximate surface area is 88.2 Å². The number of anilines is 1. The number of amidine groups is 1. The molecule has 5 nitrogen and oxygen atoms in total. The van der Waals surface area contributed by atoms with Gasteiger partial charge in [0.1, 0.15) is 0 Å². The minimum absolute atomic E-state index is 0.127. The molecule has 0 bridgehead atoms. The average molecular weight is 206 g/mol. The van der Waals surface area contributed by atoms with Gasteiger partial charge in [0.15, 0.2) is 0 Å². The molecule has 1 aromatic rings. The lowest BCUT2D eigenvalue weighted by Crippen LogP contribution is -2.24. The number of hydrogen-bond acceptors (Lipinski definition) is 2. The van der Waals surface area contributed by atoms with E-state index >= 15 is 0 Å². The van der Waals surface area contributed by atoms with E-state index in [-0.39, 0.29) is 11.9 Å². The van der Waals surface area contributed by atoms with Crippen LogP contribution < -0.4 is 16.4 Å². The monoisotopic (exact) mass is 206 g/mol. The summed E-state index contributed by atoms with van der Waals surface area (Å²) in [5, 5.41) is 12.2.